The topological polar surface area (TPSA) is 75.4 Å². The number of hydrogen-bond acceptors (Lipinski definition) is 4. The number of rotatable bonds is 3. The van der Waals surface area contributed by atoms with Crippen LogP contribution in [0.25, 0.3) is 0 Å². The molecule has 1 aliphatic rings. The average molecular weight is 325 g/mol. The first-order valence-electron chi connectivity index (χ1n) is 6.91. The fourth-order valence-electron chi connectivity index (χ4n) is 2.61. The zero-order valence-electron chi connectivity index (χ0n) is 11.8. The van der Waals surface area contributed by atoms with Crippen molar-refractivity contribution in [2.45, 2.75) is 30.4 Å². The van der Waals surface area contributed by atoms with Crippen molar-refractivity contribution in [1.29, 1.82) is 0 Å². The van der Waals surface area contributed by atoms with Crippen LogP contribution in [0, 0.1) is 5.82 Å². The number of aliphatic hydroxyl groups excluding tert-OH is 1. The summed E-state index contributed by atoms with van der Waals surface area (Å²) >= 11 is 0. The highest BCUT2D eigenvalue weighted by molar-refractivity contribution is 7.89. The molecule has 0 radical (unpaired) electrons. The molecule has 1 aromatic carbocycles. The Morgan fingerprint density at radius 1 is 1.27 bits per heavy atom. The fourth-order valence-corrected chi connectivity index (χ4v) is 4.22. The maximum Gasteiger partial charge on any atom is 0.243 e. The van der Waals surface area contributed by atoms with Gasteiger partial charge in [-0.3, -0.25) is 4.68 Å². The second-order valence-electron chi connectivity index (χ2n) is 5.17. The number of hydrogen-bond donors (Lipinski definition) is 1. The third-order valence-electron chi connectivity index (χ3n) is 3.83. The number of aliphatic hydroxyl groups is 1. The molecule has 2 aromatic rings. The normalized spacial score (nSPS) is 19.6. The van der Waals surface area contributed by atoms with Gasteiger partial charge in [0.2, 0.25) is 10.0 Å². The number of halogens is 1. The van der Waals surface area contributed by atoms with Gasteiger partial charge in [-0.2, -0.15) is 9.40 Å². The maximum atomic E-state index is 13.0. The van der Waals surface area contributed by atoms with E-state index in [0.717, 1.165) is 17.8 Å². The van der Waals surface area contributed by atoms with E-state index < -0.39 is 21.9 Å². The van der Waals surface area contributed by atoms with Gasteiger partial charge in [-0.05, 0) is 36.8 Å². The van der Waals surface area contributed by atoms with E-state index in [1.807, 2.05) is 0 Å². The van der Waals surface area contributed by atoms with Crippen LogP contribution < -0.4 is 0 Å². The van der Waals surface area contributed by atoms with E-state index in [0.29, 0.717) is 13.0 Å². The summed E-state index contributed by atoms with van der Waals surface area (Å²) in [5, 5.41) is 13.7. The molecule has 3 rings (SSSR count). The minimum atomic E-state index is -3.82. The molecule has 118 valence electrons. The Kier molecular flexibility index (Phi) is 3.98. The van der Waals surface area contributed by atoms with E-state index in [9.17, 15) is 17.9 Å². The lowest BCUT2D eigenvalue weighted by Crippen LogP contribution is -2.41. The predicted molar refractivity (Wildman–Crippen MR) is 76.8 cm³/mol. The van der Waals surface area contributed by atoms with Gasteiger partial charge >= 0.3 is 0 Å². The Hall–Kier alpha value is -1.77. The number of aryl methyl sites for hydroxylation is 1. The molecule has 1 atom stereocenters. The van der Waals surface area contributed by atoms with Gasteiger partial charge in [0, 0.05) is 12.7 Å². The Bertz CT molecular complexity index is 758. The molecule has 1 unspecified atom stereocenters. The van der Waals surface area contributed by atoms with Gasteiger partial charge < -0.3 is 5.11 Å². The molecule has 0 bridgehead atoms. The van der Waals surface area contributed by atoms with Crippen molar-refractivity contribution >= 4 is 10.0 Å². The molecule has 8 heteroatoms. The summed E-state index contributed by atoms with van der Waals surface area (Å²) < 4.78 is 41.7. The summed E-state index contributed by atoms with van der Waals surface area (Å²) in [6, 6.07) is 5.93. The van der Waals surface area contributed by atoms with Gasteiger partial charge in [0.1, 0.15) is 5.82 Å². The van der Waals surface area contributed by atoms with Crippen LogP contribution in [0.2, 0.25) is 0 Å². The Labute approximate surface area is 127 Å². The largest absolute Gasteiger partial charge is 0.395 e. The van der Waals surface area contributed by atoms with Crippen molar-refractivity contribution < 1.29 is 17.9 Å². The van der Waals surface area contributed by atoms with E-state index in [1.54, 1.807) is 16.9 Å². The Morgan fingerprint density at radius 3 is 2.68 bits per heavy atom. The van der Waals surface area contributed by atoms with Crippen LogP contribution in [0.5, 0.6) is 0 Å². The fraction of sp³-hybridized carbons (Fsp3) is 0.357. The summed E-state index contributed by atoms with van der Waals surface area (Å²) in [6.45, 7) is 0.402. The number of fused-ring (bicyclic) bond motifs is 1. The van der Waals surface area contributed by atoms with Crippen LogP contribution in [0.4, 0.5) is 4.39 Å². The Balaban J connectivity index is 2.01. The average Bonchev–Trinajstić information content (AvgIpc) is 2.86. The molecule has 0 amide bonds. The zero-order chi connectivity index (χ0) is 15.7. The van der Waals surface area contributed by atoms with Crippen molar-refractivity contribution in [3.8, 4) is 0 Å². The number of sulfonamides is 1. The van der Waals surface area contributed by atoms with Crippen molar-refractivity contribution in [1.82, 2.24) is 14.1 Å². The van der Waals surface area contributed by atoms with Crippen molar-refractivity contribution in [3.63, 3.8) is 0 Å². The molecule has 1 N–H and O–H groups in total. The summed E-state index contributed by atoms with van der Waals surface area (Å²) in [6.07, 6.45) is 2.09. The molecular formula is C14H16FN3O3S. The van der Waals surface area contributed by atoms with E-state index in [4.69, 9.17) is 0 Å². The van der Waals surface area contributed by atoms with Gasteiger partial charge in [-0.25, -0.2) is 12.8 Å². The molecule has 22 heavy (non-hydrogen) atoms. The minimum Gasteiger partial charge on any atom is -0.395 e. The zero-order valence-corrected chi connectivity index (χ0v) is 12.6. The highest BCUT2D eigenvalue weighted by Gasteiger charge is 2.34. The second-order valence-corrected chi connectivity index (χ2v) is 7.07. The predicted octanol–water partition coefficient (Wildman–Crippen LogP) is 0.978. The number of aromatic nitrogens is 2. The van der Waals surface area contributed by atoms with Gasteiger partial charge in [0.05, 0.1) is 29.8 Å². The van der Waals surface area contributed by atoms with Gasteiger partial charge in [-0.1, -0.05) is 0 Å². The monoisotopic (exact) mass is 325 g/mol. The molecule has 2 heterocycles. The number of benzene rings is 1. The molecular weight excluding hydrogens is 309 g/mol. The third-order valence-corrected chi connectivity index (χ3v) is 5.75. The third kappa shape index (κ3) is 2.65. The maximum absolute atomic E-state index is 13.0. The van der Waals surface area contributed by atoms with Crippen molar-refractivity contribution in [2.24, 2.45) is 0 Å². The lowest BCUT2D eigenvalue weighted by Gasteiger charge is -2.27. The summed E-state index contributed by atoms with van der Waals surface area (Å²) in [7, 11) is -3.82. The first-order chi connectivity index (χ1) is 10.5. The highest BCUT2D eigenvalue weighted by Crippen LogP contribution is 2.25. The standard InChI is InChI=1S/C14H16FN3O3S/c15-11-1-3-14(4-2-11)22(20,21)18-9-12-5-7-16-17(12)8-6-13(18)10-19/h1-5,7,13,19H,6,8-10H2. The van der Waals surface area contributed by atoms with E-state index >= 15 is 0 Å². The van der Waals surface area contributed by atoms with Crippen molar-refractivity contribution in [2.75, 3.05) is 6.61 Å². The molecule has 6 nitrogen and oxygen atoms in total. The lowest BCUT2D eigenvalue weighted by molar-refractivity contribution is 0.178. The summed E-state index contributed by atoms with van der Waals surface area (Å²) in [5.74, 6) is -0.494. The molecule has 1 aliphatic heterocycles. The van der Waals surface area contributed by atoms with Crippen LogP contribution in [0.15, 0.2) is 41.4 Å². The molecule has 0 fully saturated rings. The van der Waals surface area contributed by atoms with Gasteiger partial charge in [0.15, 0.2) is 0 Å². The highest BCUT2D eigenvalue weighted by atomic mass is 32.2. The first kappa shape index (κ1) is 15.1. The Morgan fingerprint density at radius 2 is 2.00 bits per heavy atom. The first-order valence-corrected chi connectivity index (χ1v) is 8.35. The molecule has 0 aliphatic carbocycles. The van der Waals surface area contributed by atoms with Crippen molar-refractivity contribution in [3.05, 3.63) is 48.0 Å². The van der Waals surface area contributed by atoms with E-state index in [1.165, 1.54) is 16.4 Å². The van der Waals surface area contributed by atoms with E-state index in [-0.39, 0.29) is 18.0 Å². The second kappa shape index (κ2) is 5.79. The van der Waals surface area contributed by atoms with Gasteiger partial charge in [0.25, 0.3) is 0 Å². The van der Waals surface area contributed by atoms with E-state index in [2.05, 4.69) is 5.10 Å². The minimum absolute atomic E-state index is 0.0142. The van der Waals surface area contributed by atoms with Gasteiger partial charge in [-0.15, -0.1) is 0 Å². The lowest BCUT2D eigenvalue weighted by atomic mass is 10.2. The van der Waals surface area contributed by atoms with Crippen LogP contribution in [0.3, 0.4) is 0 Å². The SMILES string of the molecule is O=S(=O)(c1ccc(F)cc1)N1Cc2ccnn2CCC1CO. The van der Waals surface area contributed by atoms with Crippen LogP contribution in [0.1, 0.15) is 12.1 Å². The smallest absolute Gasteiger partial charge is 0.243 e. The van der Waals surface area contributed by atoms with Crippen LogP contribution >= 0.6 is 0 Å². The number of nitrogens with zero attached hydrogens (tertiary/aromatic N) is 3. The van der Waals surface area contributed by atoms with Crippen LogP contribution in [-0.2, 0) is 23.1 Å². The molecule has 0 saturated carbocycles. The van der Waals surface area contributed by atoms with Crippen LogP contribution in [-0.4, -0.2) is 40.3 Å². The molecule has 0 spiro atoms. The molecule has 0 saturated heterocycles. The molecule has 1 aromatic heterocycles. The summed E-state index contributed by atoms with van der Waals surface area (Å²) in [5.41, 5.74) is 0.765. The quantitative estimate of drug-likeness (QED) is 0.913. The summed E-state index contributed by atoms with van der Waals surface area (Å²) in [4.78, 5) is 0.0142.